The van der Waals surface area contributed by atoms with Crippen LogP contribution in [0.15, 0.2) is 43.2 Å². The Bertz CT molecular complexity index is 362. The molecule has 0 fully saturated rings. The number of nitrogens with one attached hydrogen (secondary N) is 1. The molecule has 0 saturated carbocycles. The molecule has 1 N–H and O–H groups in total. The predicted octanol–water partition coefficient (Wildman–Crippen LogP) is 2.33. The monoisotopic (exact) mass is 233 g/mol. The van der Waals surface area contributed by atoms with Crippen LogP contribution in [0.5, 0.6) is 5.75 Å². The van der Waals surface area contributed by atoms with Crippen molar-refractivity contribution in [2.45, 2.75) is 13.3 Å². The molecule has 92 valence electrons. The van der Waals surface area contributed by atoms with Gasteiger partial charge in [0.15, 0.2) is 0 Å². The quantitative estimate of drug-likeness (QED) is 0.811. The van der Waals surface area contributed by atoms with Crippen molar-refractivity contribution >= 4 is 5.91 Å². The minimum Gasteiger partial charge on any atom is -0.497 e. The van der Waals surface area contributed by atoms with Gasteiger partial charge in [0.25, 0.3) is 0 Å². The van der Waals surface area contributed by atoms with Crippen LogP contribution < -0.4 is 10.1 Å². The summed E-state index contributed by atoms with van der Waals surface area (Å²) in [4.78, 5) is 10.6. The number of methoxy groups -OCH3 is 1. The standard InChI is InChI=1S/C11H15NO2.C3H4/c1-9(13)12-8-7-10-3-5-11(14-2)6-4-10;1-3-2/h3-6H,7-8H2,1-2H3,(H,12,13);1-2H2. The highest BCUT2D eigenvalue weighted by atomic mass is 16.5. The van der Waals surface area contributed by atoms with Crippen molar-refractivity contribution in [1.82, 2.24) is 5.32 Å². The van der Waals surface area contributed by atoms with E-state index in [-0.39, 0.29) is 5.91 Å². The Labute approximate surface area is 103 Å². The van der Waals surface area contributed by atoms with Gasteiger partial charge in [-0.3, -0.25) is 4.79 Å². The second kappa shape index (κ2) is 9.25. The van der Waals surface area contributed by atoms with Gasteiger partial charge >= 0.3 is 0 Å². The number of hydrogen-bond acceptors (Lipinski definition) is 2. The van der Waals surface area contributed by atoms with Crippen LogP contribution in [0, 0.1) is 0 Å². The molecule has 17 heavy (non-hydrogen) atoms. The van der Waals surface area contributed by atoms with Gasteiger partial charge in [-0.25, -0.2) is 0 Å². The van der Waals surface area contributed by atoms with Gasteiger partial charge in [0, 0.05) is 13.5 Å². The fourth-order valence-corrected chi connectivity index (χ4v) is 1.18. The van der Waals surface area contributed by atoms with E-state index in [1.807, 2.05) is 24.3 Å². The summed E-state index contributed by atoms with van der Waals surface area (Å²) in [6, 6.07) is 7.84. The summed E-state index contributed by atoms with van der Waals surface area (Å²) in [7, 11) is 1.65. The Morgan fingerprint density at radius 3 is 2.29 bits per heavy atom. The van der Waals surface area contributed by atoms with Crippen LogP contribution in [0.3, 0.4) is 0 Å². The van der Waals surface area contributed by atoms with Crippen molar-refractivity contribution in [3.05, 3.63) is 48.7 Å². The van der Waals surface area contributed by atoms with E-state index < -0.39 is 0 Å². The lowest BCUT2D eigenvalue weighted by Crippen LogP contribution is -2.22. The third-order valence-electron chi connectivity index (χ3n) is 1.95. The SMILES string of the molecule is C=C=C.COc1ccc(CCNC(C)=O)cc1. The molecule has 0 aliphatic rings. The summed E-state index contributed by atoms with van der Waals surface area (Å²) >= 11 is 0. The van der Waals surface area contributed by atoms with Crippen LogP contribution in [-0.4, -0.2) is 19.6 Å². The molecule has 0 unspecified atom stereocenters. The molecule has 0 aromatic heterocycles. The third kappa shape index (κ3) is 7.88. The third-order valence-corrected chi connectivity index (χ3v) is 1.95. The van der Waals surface area contributed by atoms with Crippen LogP contribution in [0.1, 0.15) is 12.5 Å². The highest BCUT2D eigenvalue weighted by Crippen LogP contribution is 2.11. The first-order valence-electron chi connectivity index (χ1n) is 5.30. The summed E-state index contributed by atoms with van der Waals surface area (Å²) in [5.41, 5.74) is 3.44. The van der Waals surface area contributed by atoms with Gasteiger partial charge in [-0.2, -0.15) is 0 Å². The van der Waals surface area contributed by atoms with Crippen molar-refractivity contribution in [3.8, 4) is 5.75 Å². The molecule has 0 bridgehead atoms. The summed E-state index contributed by atoms with van der Waals surface area (Å²) in [6.45, 7) is 8.45. The number of rotatable bonds is 4. The van der Waals surface area contributed by atoms with Crippen molar-refractivity contribution in [2.75, 3.05) is 13.7 Å². The molecular weight excluding hydrogens is 214 g/mol. The van der Waals surface area contributed by atoms with Gasteiger partial charge in [-0.05, 0) is 24.1 Å². The van der Waals surface area contributed by atoms with Gasteiger partial charge in [-0.1, -0.05) is 25.3 Å². The van der Waals surface area contributed by atoms with Gasteiger partial charge in [0.2, 0.25) is 5.91 Å². The maximum Gasteiger partial charge on any atom is 0.216 e. The Hall–Kier alpha value is -1.99. The number of amides is 1. The molecule has 0 heterocycles. The molecule has 3 nitrogen and oxygen atoms in total. The van der Waals surface area contributed by atoms with Gasteiger partial charge in [0.1, 0.15) is 5.75 Å². The average molecular weight is 233 g/mol. The lowest BCUT2D eigenvalue weighted by atomic mass is 10.1. The molecule has 1 rings (SSSR count). The molecule has 3 heteroatoms. The van der Waals surface area contributed by atoms with Crippen LogP contribution in [0.25, 0.3) is 0 Å². The zero-order chi connectivity index (χ0) is 13.1. The van der Waals surface area contributed by atoms with Gasteiger partial charge in [0.05, 0.1) is 7.11 Å². The first-order chi connectivity index (χ1) is 8.13. The highest BCUT2D eigenvalue weighted by Gasteiger charge is 1.95. The normalized spacial score (nSPS) is 8.35. The first kappa shape index (κ1) is 15.0. The lowest BCUT2D eigenvalue weighted by Gasteiger charge is -2.03. The molecule has 1 aromatic rings. The molecule has 0 aliphatic carbocycles. The number of hydrogen-bond donors (Lipinski definition) is 1. The topological polar surface area (TPSA) is 38.3 Å². The number of benzene rings is 1. The van der Waals surface area contributed by atoms with Crippen molar-refractivity contribution in [1.29, 1.82) is 0 Å². The van der Waals surface area contributed by atoms with Crippen LogP contribution in [0.4, 0.5) is 0 Å². The lowest BCUT2D eigenvalue weighted by molar-refractivity contribution is -0.118. The van der Waals surface area contributed by atoms with E-state index in [2.05, 4.69) is 24.2 Å². The van der Waals surface area contributed by atoms with E-state index in [9.17, 15) is 4.79 Å². The number of carbonyl (C=O) groups is 1. The van der Waals surface area contributed by atoms with E-state index >= 15 is 0 Å². The first-order valence-corrected chi connectivity index (χ1v) is 5.30. The fraction of sp³-hybridized carbons (Fsp3) is 0.286. The van der Waals surface area contributed by atoms with Crippen LogP contribution in [-0.2, 0) is 11.2 Å². The Balaban J connectivity index is 0.000000770. The molecule has 0 saturated heterocycles. The van der Waals surface area contributed by atoms with Crippen LogP contribution >= 0.6 is 0 Å². The number of carbonyl (C=O) groups excluding carboxylic acids is 1. The van der Waals surface area contributed by atoms with E-state index in [1.54, 1.807) is 7.11 Å². The number of ether oxygens (including phenoxy) is 1. The summed E-state index contributed by atoms with van der Waals surface area (Å²) < 4.78 is 5.04. The van der Waals surface area contributed by atoms with Crippen molar-refractivity contribution < 1.29 is 9.53 Å². The van der Waals surface area contributed by atoms with E-state index in [4.69, 9.17) is 4.74 Å². The minimum absolute atomic E-state index is 0.0125. The molecule has 0 aliphatic heterocycles. The van der Waals surface area contributed by atoms with Crippen molar-refractivity contribution in [3.63, 3.8) is 0 Å². The second-order valence-electron chi connectivity index (χ2n) is 3.33. The molecule has 1 aromatic carbocycles. The van der Waals surface area contributed by atoms with E-state index in [0.717, 1.165) is 12.2 Å². The molecule has 0 spiro atoms. The Morgan fingerprint density at radius 1 is 1.35 bits per heavy atom. The largest absolute Gasteiger partial charge is 0.497 e. The highest BCUT2D eigenvalue weighted by molar-refractivity contribution is 5.72. The van der Waals surface area contributed by atoms with Crippen molar-refractivity contribution in [2.24, 2.45) is 0 Å². The molecular formula is C14H19NO2. The summed E-state index contributed by atoms with van der Waals surface area (Å²) in [5.74, 6) is 0.867. The summed E-state index contributed by atoms with van der Waals surface area (Å²) in [6.07, 6.45) is 0.851. The zero-order valence-corrected chi connectivity index (χ0v) is 10.5. The van der Waals surface area contributed by atoms with E-state index in [0.29, 0.717) is 6.54 Å². The Kier molecular flexibility index (Phi) is 8.17. The van der Waals surface area contributed by atoms with E-state index in [1.165, 1.54) is 12.5 Å². The molecule has 1 amide bonds. The smallest absolute Gasteiger partial charge is 0.216 e. The minimum atomic E-state index is 0.0125. The zero-order valence-electron chi connectivity index (χ0n) is 10.5. The molecule has 0 atom stereocenters. The molecule has 0 radical (unpaired) electrons. The summed E-state index contributed by atoms with van der Waals surface area (Å²) in [5, 5.41) is 2.75. The maximum atomic E-state index is 10.6. The Morgan fingerprint density at radius 2 is 1.88 bits per heavy atom. The van der Waals surface area contributed by atoms with Gasteiger partial charge in [-0.15, -0.1) is 5.73 Å². The predicted molar refractivity (Wildman–Crippen MR) is 70.1 cm³/mol. The fourth-order valence-electron chi connectivity index (χ4n) is 1.18. The van der Waals surface area contributed by atoms with Gasteiger partial charge < -0.3 is 10.1 Å². The van der Waals surface area contributed by atoms with Crippen LogP contribution in [0.2, 0.25) is 0 Å². The maximum absolute atomic E-state index is 10.6. The average Bonchev–Trinajstić information content (AvgIpc) is 2.30. The second-order valence-corrected chi connectivity index (χ2v) is 3.33.